The molecule has 2 aliphatic rings. The summed E-state index contributed by atoms with van der Waals surface area (Å²) in [5.74, 6) is 1.15. The molecule has 9 heteroatoms. The lowest BCUT2D eigenvalue weighted by Crippen LogP contribution is -2.38. The van der Waals surface area contributed by atoms with E-state index in [2.05, 4.69) is 54.6 Å². The van der Waals surface area contributed by atoms with Gasteiger partial charge in [-0.15, -0.1) is 0 Å². The minimum atomic E-state index is -0.274. The molecule has 0 aliphatic carbocycles. The zero-order valence-corrected chi connectivity index (χ0v) is 26.6. The molecule has 0 radical (unpaired) electrons. The van der Waals surface area contributed by atoms with Crippen molar-refractivity contribution >= 4 is 24.1 Å². The quantitative estimate of drug-likeness (QED) is 0.279. The number of carbonyl (C=O) groups is 1. The molecule has 8 nitrogen and oxygen atoms in total. The Morgan fingerprint density at radius 3 is 2.33 bits per heavy atom. The number of amides is 1. The number of nitrogens with zero attached hydrogens (tertiary/aromatic N) is 3. The molecule has 0 unspecified atom stereocenters. The van der Waals surface area contributed by atoms with E-state index in [1.54, 1.807) is 26.2 Å². The molecule has 0 atom stereocenters. The maximum absolute atomic E-state index is 12.1. The number of hydrogen-bond acceptors (Lipinski definition) is 8. The molecule has 224 valence electrons. The Bertz CT molecular complexity index is 843. The first-order valence-electron chi connectivity index (χ1n) is 14.2. The zero-order valence-electron chi connectivity index (χ0n) is 25.8. The van der Waals surface area contributed by atoms with Crippen molar-refractivity contribution in [3.8, 4) is 0 Å². The highest BCUT2D eigenvalue weighted by atomic mass is 32.2. The summed E-state index contributed by atoms with van der Waals surface area (Å²) in [4.78, 5) is 22.9. The minimum Gasteiger partial charge on any atom is -0.447 e. The highest BCUT2D eigenvalue weighted by Gasteiger charge is 2.28. The van der Waals surface area contributed by atoms with Gasteiger partial charge in [-0.3, -0.25) is 0 Å². The Labute approximate surface area is 241 Å². The van der Waals surface area contributed by atoms with Crippen LogP contribution in [0.4, 0.5) is 4.79 Å². The van der Waals surface area contributed by atoms with Crippen molar-refractivity contribution in [2.24, 2.45) is 10.9 Å². The normalized spacial score (nSPS) is 15.0. The molecule has 0 bridgehead atoms. The SMILES string of the molecule is CC.CCC(C)C.CCCC1=CCC=C(Sc2ocnc2C2CCN(C(=O)OCCOC)CC2)N=C1.COC. The third-order valence-electron chi connectivity index (χ3n) is 5.80. The maximum Gasteiger partial charge on any atom is 0.409 e. The van der Waals surface area contributed by atoms with Gasteiger partial charge in [-0.2, -0.15) is 0 Å². The number of piperidine rings is 1. The Kier molecular flexibility index (Phi) is 22.5. The summed E-state index contributed by atoms with van der Waals surface area (Å²) in [6.07, 6.45) is 13.6. The van der Waals surface area contributed by atoms with Gasteiger partial charge in [0, 0.05) is 46.6 Å². The number of hydrogen-bond donors (Lipinski definition) is 0. The first-order valence-corrected chi connectivity index (χ1v) is 15.1. The summed E-state index contributed by atoms with van der Waals surface area (Å²) in [7, 11) is 4.84. The second kappa shape index (κ2) is 23.8. The monoisotopic (exact) mass is 567 g/mol. The van der Waals surface area contributed by atoms with Crippen molar-refractivity contribution in [3.63, 3.8) is 0 Å². The predicted molar refractivity (Wildman–Crippen MR) is 163 cm³/mol. The van der Waals surface area contributed by atoms with Crippen LogP contribution >= 0.6 is 11.8 Å². The van der Waals surface area contributed by atoms with Crippen molar-refractivity contribution in [1.29, 1.82) is 0 Å². The topological polar surface area (TPSA) is 86.4 Å². The number of rotatable bonds is 9. The fourth-order valence-electron chi connectivity index (χ4n) is 3.41. The van der Waals surface area contributed by atoms with Gasteiger partial charge in [0.05, 0.1) is 12.3 Å². The van der Waals surface area contributed by atoms with Crippen molar-refractivity contribution in [2.45, 2.75) is 91.1 Å². The van der Waals surface area contributed by atoms with Crippen LogP contribution in [0.25, 0.3) is 0 Å². The van der Waals surface area contributed by atoms with Gasteiger partial charge in [0.15, 0.2) is 11.5 Å². The second-order valence-corrected chi connectivity index (χ2v) is 10.3. The first kappa shape index (κ1) is 36.9. The van der Waals surface area contributed by atoms with Gasteiger partial charge in [0.2, 0.25) is 0 Å². The van der Waals surface area contributed by atoms with Gasteiger partial charge in [0.25, 0.3) is 0 Å². The number of aromatic nitrogens is 1. The van der Waals surface area contributed by atoms with Crippen LogP contribution in [0.5, 0.6) is 0 Å². The molecular formula is C30H53N3O5S. The number of ether oxygens (including phenoxy) is 3. The second-order valence-electron chi connectivity index (χ2n) is 9.27. The summed E-state index contributed by atoms with van der Waals surface area (Å²) >= 11 is 1.53. The number of allylic oxidation sites excluding steroid dienone is 3. The molecule has 3 heterocycles. The van der Waals surface area contributed by atoms with E-state index in [-0.39, 0.29) is 18.6 Å². The van der Waals surface area contributed by atoms with Crippen LogP contribution in [0.3, 0.4) is 0 Å². The highest BCUT2D eigenvalue weighted by molar-refractivity contribution is 8.03. The molecule has 0 spiro atoms. The third-order valence-corrected chi connectivity index (χ3v) is 6.77. The maximum atomic E-state index is 12.1. The summed E-state index contributed by atoms with van der Waals surface area (Å²) in [5, 5.41) is 1.73. The van der Waals surface area contributed by atoms with E-state index in [0.717, 1.165) is 53.8 Å². The molecule has 1 aromatic rings. The van der Waals surface area contributed by atoms with Crippen molar-refractivity contribution < 1.29 is 23.4 Å². The van der Waals surface area contributed by atoms with E-state index in [1.165, 1.54) is 30.1 Å². The smallest absolute Gasteiger partial charge is 0.409 e. The molecule has 39 heavy (non-hydrogen) atoms. The molecule has 3 rings (SSSR count). The Morgan fingerprint density at radius 2 is 1.77 bits per heavy atom. The van der Waals surface area contributed by atoms with Crippen molar-refractivity contribution in [1.82, 2.24) is 9.88 Å². The standard InChI is InChI=1S/C21H29N3O4S.C5H12.C2H6O.C2H6/c1-3-5-16-6-4-7-18(22-14-16)29-20-19(23-15-28-20)17-8-10-24(11-9-17)21(25)27-13-12-26-2;1-4-5(2)3;1-3-2;1-2/h6-7,14-15,17H,3-5,8-13H2,1-2H3;5H,4H2,1-3H3;1-2H3;1-2H3. The average Bonchev–Trinajstić information content (AvgIpc) is 3.30. The molecule has 1 fully saturated rings. The van der Waals surface area contributed by atoms with E-state index >= 15 is 0 Å². The van der Waals surface area contributed by atoms with Gasteiger partial charge in [0.1, 0.15) is 11.6 Å². The minimum absolute atomic E-state index is 0.267. The van der Waals surface area contributed by atoms with E-state index < -0.39 is 0 Å². The Morgan fingerprint density at radius 1 is 1.13 bits per heavy atom. The number of methoxy groups -OCH3 is 2. The fourth-order valence-corrected chi connectivity index (χ4v) is 4.30. The Hall–Kier alpha value is -2.10. The predicted octanol–water partition coefficient (Wildman–Crippen LogP) is 8.11. The van der Waals surface area contributed by atoms with Crippen LogP contribution < -0.4 is 0 Å². The van der Waals surface area contributed by atoms with Crippen LogP contribution in [0, 0.1) is 5.92 Å². The van der Waals surface area contributed by atoms with Crippen LogP contribution in [0.15, 0.2) is 43.6 Å². The van der Waals surface area contributed by atoms with E-state index in [9.17, 15) is 4.79 Å². The van der Waals surface area contributed by atoms with E-state index in [0.29, 0.717) is 19.7 Å². The molecular weight excluding hydrogens is 514 g/mol. The summed E-state index contributed by atoms with van der Waals surface area (Å²) < 4.78 is 20.0. The largest absolute Gasteiger partial charge is 0.447 e. The van der Waals surface area contributed by atoms with Crippen LogP contribution in [0.2, 0.25) is 0 Å². The number of thioether (sulfide) groups is 1. The fraction of sp³-hybridized carbons (Fsp3) is 0.700. The molecule has 2 aliphatic heterocycles. The lowest BCUT2D eigenvalue weighted by atomic mass is 9.94. The molecule has 0 N–H and O–H groups in total. The number of oxazole rings is 1. The molecule has 0 saturated carbocycles. The summed E-state index contributed by atoms with van der Waals surface area (Å²) in [5.41, 5.74) is 2.24. The van der Waals surface area contributed by atoms with Gasteiger partial charge < -0.3 is 23.5 Å². The van der Waals surface area contributed by atoms with E-state index in [1.807, 2.05) is 20.1 Å². The molecule has 1 amide bonds. The first-order chi connectivity index (χ1) is 18.9. The van der Waals surface area contributed by atoms with Gasteiger partial charge in [-0.05, 0) is 55.0 Å². The van der Waals surface area contributed by atoms with Crippen LogP contribution in [-0.4, -0.2) is 69.8 Å². The van der Waals surface area contributed by atoms with Gasteiger partial charge >= 0.3 is 6.09 Å². The highest BCUT2D eigenvalue weighted by Crippen LogP contribution is 2.38. The summed E-state index contributed by atoms with van der Waals surface area (Å²) in [6.45, 7) is 14.8. The number of likely N-dealkylation sites (tertiary alicyclic amines) is 1. The molecule has 1 saturated heterocycles. The molecule has 0 aromatic carbocycles. The van der Waals surface area contributed by atoms with Crippen LogP contribution in [-0.2, 0) is 14.2 Å². The van der Waals surface area contributed by atoms with Crippen LogP contribution in [0.1, 0.15) is 91.7 Å². The number of carbonyl (C=O) groups excluding carboxylic acids is 1. The lowest BCUT2D eigenvalue weighted by molar-refractivity contribution is 0.0657. The third kappa shape index (κ3) is 15.9. The zero-order chi connectivity index (χ0) is 29.5. The van der Waals surface area contributed by atoms with E-state index in [4.69, 9.17) is 13.9 Å². The summed E-state index contributed by atoms with van der Waals surface area (Å²) in [6, 6.07) is 0. The Balaban J connectivity index is 0.00000125. The van der Waals surface area contributed by atoms with Crippen molar-refractivity contribution in [3.05, 3.63) is 34.8 Å². The molecule has 1 aromatic heterocycles. The van der Waals surface area contributed by atoms with Crippen molar-refractivity contribution in [2.75, 3.05) is 47.6 Å². The average molecular weight is 568 g/mol. The lowest BCUT2D eigenvalue weighted by Gasteiger charge is -2.30. The van der Waals surface area contributed by atoms with Gasteiger partial charge in [-0.1, -0.05) is 60.5 Å². The van der Waals surface area contributed by atoms with Gasteiger partial charge in [-0.25, -0.2) is 14.8 Å². The number of aliphatic imine (C=N–C) groups is 1.